The van der Waals surface area contributed by atoms with Crippen molar-refractivity contribution in [2.75, 3.05) is 0 Å². The van der Waals surface area contributed by atoms with E-state index < -0.39 is 0 Å². The Labute approximate surface area is 67.7 Å². The van der Waals surface area contributed by atoms with Gasteiger partial charge in [0.05, 0.1) is 10.2 Å². The van der Waals surface area contributed by atoms with Gasteiger partial charge in [0.2, 0.25) is 0 Å². The second-order valence-corrected chi connectivity index (χ2v) is 3.06. The fraction of sp³-hybridized carbons (Fsp3) is 0. The average Bonchev–Trinajstić information content (AvgIpc) is 2.46. The molecule has 0 fully saturated rings. The van der Waals surface area contributed by atoms with Crippen LogP contribution in [0.4, 0.5) is 0 Å². The van der Waals surface area contributed by atoms with Crippen LogP contribution in [-0.4, -0.2) is 4.98 Å². The lowest BCUT2D eigenvalue weighted by Gasteiger charge is -1.79. The zero-order valence-corrected chi connectivity index (χ0v) is 6.35. The van der Waals surface area contributed by atoms with E-state index in [1.807, 2.05) is 18.2 Å². The van der Waals surface area contributed by atoms with Gasteiger partial charge in [-0.15, -0.1) is 11.3 Å². The summed E-state index contributed by atoms with van der Waals surface area (Å²) in [7, 11) is 0. The van der Waals surface area contributed by atoms with Crippen molar-refractivity contribution in [3.8, 4) is 6.07 Å². The summed E-state index contributed by atoms with van der Waals surface area (Å²) in [4.78, 5) is 4.07. The summed E-state index contributed by atoms with van der Waals surface area (Å²) in [6, 6.07) is 10.4. The monoisotopic (exact) mass is 159 g/mol. The maximum Gasteiger partial charge on any atom is 0.195 e. The van der Waals surface area contributed by atoms with Gasteiger partial charge in [0.15, 0.2) is 5.01 Å². The molecule has 51 valence electrons. The molecule has 0 saturated carbocycles. The molecular weight excluding hydrogens is 156 g/mol. The molecule has 11 heavy (non-hydrogen) atoms. The van der Waals surface area contributed by atoms with Crippen molar-refractivity contribution in [1.82, 2.24) is 4.98 Å². The molecule has 0 spiro atoms. The van der Waals surface area contributed by atoms with Crippen LogP contribution in [0.1, 0.15) is 5.01 Å². The first-order valence-electron chi connectivity index (χ1n) is 3.07. The van der Waals surface area contributed by atoms with Gasteiger partial charge in [-0.05, 0) is 18.2 Å². The summed E-state index contributed by atoms with van der Waals surface area (Å²) in [5.41, 5.74) is 0.880. The van der Waals surface area contributed by atoms with Gasteiger partial charge in [-0.3, -0.25) is 0 Å². The van der Waals surface area contributed by atoms with Crippen molar-refractivity contribution in [2.45, 2.75) is 0 Å². The van der Waals surface area contributed by atoms with Gasteiger partial charge in [0.1, 0.15) is 6.07 Å². The van der Waals surface area contributed by atoms with Gasteiger partial charge in [-0.1, -0.05) is 6.07 Å². The third kappa shape index (κ3) is 0.975. The summed E-state index contributed by atoms with van der Waals surface area (Å²) < 4.78 is 1.02. The van der Waals surface area contributed by atoms with Crippen LogP contribution in [0.15, 0.2) is 18.2 Å². The normalized spacial score (nSPS) is 9.73. The first kappa shape index (κ1) is 6.32. The fourth-order valence-electron chi connectivity index (χ4n) is 0.865. The quantitative estimate of drug-likeness (QED) is 0.589. The Bertz CT molecular complexity index is 392. The summed E-state index contributed by atoms with van der Waals surface area (Å²) >= 11 is 1.39. The lowest BCUT2D eigenvalue weighted by Crippen LogP contribution is -1.67. The lowest BCUT2D eigenvalue weighted by atomic mass is 10.3. The highest BCUT2D eigenvalue weighted by atomic mass is 32.1. The zero-order valence-electron chi connectivity index (χ0n) is 5.53. The minimum atomic E-state index is 0.514. The second kappa shape index (κ2) is 2.33. The molecule has 2 aromatic rings. The van der Waals surface area contributed by atoms with Crippen LogP contribution in [0.25, 0.3) is 10.2 Å². The first-order chi connectivity index (χ1) is 5.40. The van der Waals surface area contributed by atoms with Gasteiger partial charge in [0.25, 0.3) is 0 Å². The number of fused-ring (bicyclic) bond motifs is 1. The number of rotatable bonds is 0. The molecule has 0 aliphatic heterocycles. The minimum Gasteiger partial charge on any atom is -0.226 e. The van der Waals surface area contributed by atoms with Crippen molar-refractivity contribution in [3.05, 3.63) is 29.3 Å². The van der Waals surface area contributed by atoms with Crippen molar-refractivity contribution >= 4 is 21.6 Å². The van der Waals surface area contributed by atoms with Crippen LogP contribution < -0.4 is 0 Å². The maximum absolute atomic E-state index is 8.53. The molecule has 0 bridgehead atoms. The molecule has 0 unspecified atom stereocenters. The predicted molar refractivity (Wildman–Crippen MR) is 43.2 cm³/mol. The molecule has 0 saturated heterocycles. The molecular formula is C8H3N2S. The second-order valence-electron chi connectivity index (χ2n) is 2.02. The van der Waals surface area contributed by atoms with Crippen LogP contribution >= 0.6 is 11.3 Å². The third-order valence-corrected chi connectivity index (χ3v) is 2.25. The zero-order chi connectivity index (χ0) is 7.68. The van der Waals surface area contributed by atoms with Crippen LogP contribution in [0.2, 0.25) is 0 Å². The van der Waals surface area contributed by atoms with Crippen molar-refractivity contribution < 1.29 is 0 Å². The maximum atomic E-state index is 8.53. The molecule has 1 aromatic heterocycles. The van der Waals surface area contributed by atoms with Crippen LogP contribution in [0.3, 0.4) is 0 Å². The molecule has 0 N–H and O–H groups in total. The van der Waals surface area contributed by atoms with E-state index in [2.05, 4.69) is 11.1 Å². The lowest BCUT2D eigenvalue weighted by molar-refractivity contribution is 1.40. The third-order valence-electron chi connectivity index (χ3n) is 1.33. The standard InChI is InChI=1S/C8H3N2S/c9-5-8-10-6-3-1-2-4-7(6)11-8/h1,3-4H. The van der Waals surface area contributed by atoms with Crippen LogP contribution in [-0.2, 0) is 0 Å². The molecule has 2 nitrogen and oxygen atoms in total. The molecule has 0 amide bonds. The minimum absolute atomic E-state index is 0.514. The highest BCUT2D eigenvalue weighted by Crippen LogP contribution is 2.19. The van der Waals surface area contributed by atoms with E-state index in [1.165, 1.54) is 11.3 Å². The number of hydrogen-bond donors (Lipinski definition) is 0. The Morgan fingerprint density at radius 1 is 1.64 bits per heavy atom. The average molecular weight is 159 g/mol. The Balaban J connectivity index is 2.81. The topological polar surface area (TPSA) is 36.7 Å². The van der Waals surface area contributed by atoms with E-state index in [4.69, 9.17) is 5.26 Å². The van der Waals surface area contributed by atoms with E-state index in [0.29, 0.717) is 5.01 Å². The van der Waals surface area contributed by atoms with Crippen molar-refractivity contribution in [2.24, 2.45) is 0 Å². The molecule has 1 heterocycles. The van der Waals surface area contributed by atoms with E-state index in [0.717, 1.165) is 10.2 Å². The Kier molecular flexibility index (Phi) is 1.34. The summed E-state index contributed by atoms with van der Waals surface area (Å²) in [6.45, 7) is 0. The van der Waals surface area contributed by atoms with E-state index in [1.54, 1.807) is 6.07 Å². The highest BCUT2D eigenvalue weighted by molar-refractivity contribution is 7.19. The Hall–Kier alpha value is -1.40. The van der Waals surface area contributed by atoms with E-state index >= 15 is 0 Å². The number of nitrogens with zero attached hydrogens (tertiary/aromatic N) is 2. The molecule has 2 rings (SSSR count). The summed E-state index contributed by atoms with van der Waals surface area (Å²) in [5, 5.41) is 9.04. The molecule has 0 aliphatic rings. The van der Waals surface area contributed by atoms with Gasteiger partial charge < -0.3 is 0 Å². The first-order valence-corrected chi connectivity index (χ1v) is 3.88. The van der Waals surface area contributed by atoms with E-state index in [9.17, 15) is 0 Å². The number of benzene rings is 1. The SMILES string of the molecule is N#Cc1nc2cc[c]cc2s1. The number of thiazole rings is 1. The molecule has 0 aliphatic carbocycles. The summed E-state index contributed by atoms with van der Waals surface area (Å²) in [5.74, 6) is 0. The number of aromatic nitrogens is 1. The van der Waals surface area contributed by atoms with Gasteiger partial charge in [-0.2, -0.15) is 5.26 Å². The van der Waals surface area contributed by atoms with Gasteiger partial charge >= 0.3 is 0 Å². The summed E-state index contributed by atoms with van der Waals surface area (Å²) in [6.07, 6.45) is 0. The highest BCUT2D eigenvalue weighted by Gasteiger charge is 1.99. The Morgan fingerprint density at radius 2 is 2.55 bits per heavy atom. The van der Waals surface area contributed by atoms with Gasteiger partial charge in [0, 0.05) is 0 Å². The smallest absolute Gasteiger partial charge is 0.195 e. The van der Waals surface area contributed by atoms with Crippen LogP contribution in [0, 0.1) is 17.4 Å². The van der Waals surface area contributed by atoms with Crippen molar-refractivity contribution in [3.63, 3.8) is 0 Å². The van der Waals surface area contributed by atoms with E-state index in [-0.39, 0.29) is 0 Å². The fourth-order valence-corrected chi connectivity index (χ4v) is 1.61. The van der Waals surface area contributed by atoms with Crippen molar-refractivity contribution in [1.29, 1.82) is 5.26 Å². The number of hydrogen-bond acceptors (Lipinski definition) is 3. The molecule has 1 aromatic carbocycles. The molecule has 3 heteroatoms. The Morgan fingerprint density at radius 3 is 3.27 bits per heavy atom. The molecule has 0 atom stereocenters. The number of nitriles is 1. The predicted octanol–water partition coefficient (Wildman–Crippen LogP) is 1.97. The van der Waals surface area contributed by atoms with Crippen LogP contribution in [0.5, 0.6) is 0 Å². The largest absolute Gasteiger partial charge is 0.226 e. The molecule has 1 radical (unpaired) electrons. The van der Waals surface area contributed by atoms with Gasteiger partial charge in [-0.25, -0.2) is 4.98 Å².